The van der Waals surface area contributed by atoms with E-state index < -0.39 is 6.17 Å². The number of amidine groups is 1. The normalized spacial score (nSPS) is 11.7. The highest BCUT2D eigenvalue weighted by Crippen LogP contribution is 2.39. The first-order valence-electron chi connectivity index (χ1n) is 19.4. The number of para-hydroxylation sites is 2. The third kappa shape index (κ3) is 9.36. The maximum atomic E-state index is 9.12. The van der Waals surface area contributed by atoms with Gasteiger partial charge in [0.2, 0.25) is 0 Å². The Labute approximate surface area is 340 Å². The zero-order valence-corrected chi connectivity index (χ0v) is 32.0. The number of benzene rings is 8. The number of aliphatic imine (C=N–C) groups is 1. The highest BCUT2D eigenvalue weighted by Gasteiger charge is 2.15. The molecule has 5 heteroatoms. The SMILES string of the molecule is N=C(NC(/N=C/c1ccccc1)c1ccccc1)c1cccc(Nc2cccc(-c3ccc(/C=C\c4ccccc4Nc4ccccc4)cc3)c2-c2ccccc2)c1. The molecule has 8 aromatic rings. The van der Waals surface area contributed by atoms with E-state index in [2.05, 4.69) is 131 Å². The van der Waals surface area contributed by atoms with Crippen molar-refractivity contribution in [3.63, 3.8) is 0 Å². The smallest absolute Gasteiger partial charge is 0.145 e. The van der Waals surface area contributed by atoms with Crippen LogP contribution in [-0.2, 0) is 0 Å². The lowest BCUT2D eigenvalue weighted by atomic mass is 9.92. The van der Waals surface area contributed by atoms with Gasteiger partial charge in [-0.3, -0.25) is 10.4 Å². The fraction of sp³-hybridized carbons (Fsp3) is 0.0189. The number of anilines is 4. The first-order chi connectivity index (χ1) is 28.7. The van der Waals surface area contributed by atoms with Gasteiger partial charge in [0.1, 0.15) is 12.0 Å². The lowest BCUT2D eigenvalue weighted by molar-refractivity contribution is 0.685. The van der Waals surface area contributed by atoms with Crippen LogP contribution >= 0.6 is 0 Å². The minimum Gasteiger partial charge on any atom is -0.355 e. The van der Waals surface area contributed by atoms with Crippen molar-refractivity contribution in [1.29, 1.82) is 5.41 Å². The van der Waals surface area contributed by atoms with E-state index >= 15 is 0 Å². The van der Waals surface area contributed by atoms with E-state index in [-0.39, 0.29) is 5.84 Å². The summed E-state index contributed by atoms with van der Waals surface area (Å²) >= 11 is 0. The van der Waals surface area contributed by atoms with Crippen molar-refractivity contribution in [1.82, 2.24) is 5.32 Å². The predicted molar refractivity (Wildman–Crippen MR) is 245 cm³/mol. The van der Waals surface area contributed by atoms with E-state index in [1.54, 1.807) is 0 Å². The van der Waals surface area contributed by atoms with Crippen LogP contribution < -0.4 is 16.0 Å². The Hall–Kier alpha value is -7.76. The van der Waals surface area contributed by atoms with Crippen molar-refractivity contribution >= 4 is 47.0 Å². The van der Waals surface area contributed by atoms with Gasteiger partial charge >= 0.3 is 0 Å². The average molecular weight is 750 g/mol. The molecule has 0 radical (unpaired) electrons. The van der Waals surface area contributed by atoms with Crippen molar-refractivity contribution in [3.05, 3.63) is 240 Å². The Bertz CT molecular complexity index is 2640. The fourth-order valence-electron chi connectivity index (χ4n) is 6.88. The van der Waals surface area contributed by atoms with Gasteiger partial charge in [0, 0.05) is 40.1 Å². The van der Waals surface area contributed by atoms with Gasteiger partial charge in [0.15, 0.2) is 0 Å². The summed E-state index contributed by atoms with van der Waals surface area (Å²) < 4.78 is 0. The van der Waals surface area contributed by atoms with Gasteiger partial charge < -0.3 is 16.0 Å². The van der Waals surface area contributed by atoms with Crippen LogP contribution in [0.15, 0.2) is 217 Å². The highest BCUT2D eigenvalue weighted by molar-refractivity contribution is 5.98. The Morgan fingerprint density at radius 2 is 1.09 bits per heavy atom. The number of hydrogen-bond acceptors (Lipinski definition) is 4. The first-order valence-corrected chi connectivity index (χ1v) is 19.4. The van der Waals surface area contributed by atoms with E-state index in [1.807, 2.05) is 115 Å². The minimum atomic E-state index is -0.429. The molecule has 280 valence electrons. The second-order valence-corrected chi connectivity index (χ2v) is 13.9. The molecule has 58 heavy (non-hydrogen) atoms. The molecule has 8 aromatic carbocycles. The predicted octanol–water partition coefficient (Wildman–Crippen LogP) is 13.4. The van der Waals surface area contributed by atoms with Crippen molar-refractivity contribution < 1.29 is 0 Å². The van der Waals surface area contributed by atoms with Gasteiger partial charge in [-0.25, -0.2) is 0 Å². The van der Waals surface area contributed by atoms with E-state index in [1.165, 1.54) is 0 Å². The maximum Gasteiger partial charge on any atom is 0.145 e. The van der Waals surface area contributed by atoms with Crippen LogP contribution in [0.3, 0.4) is 0 Å². The summed E-state index contributed by atoms with van der Waals surface area (Å²) in [6, 6.07) is 72.2. The zero-order valence-electron chi connectivity index (χ0n) is 32.0. The Balaban J connectivity index is 1.04. The molecular weight excluding hydrogens is 707 g/mol. The molecule has 5 nitrogen and oxygen atoms in total. The number of nitrogens with zero attached hydrogens (tertiary/aromatic N) is 1. The van der Waals surface area contributed by atoms with Gasteiger partial charge in [-0.05, 0) is 75.3 Å². The minimum absolute atomic E-state index is 0.282. The molecule has 0 fully saturated rings. The summed E-state index contributed by atoms with van der Waals surface area (Å²) in [4.78, 5) is 4.85. The van der Waals surface area contributed by atoms with Gasteiger partial charge in [-0.1, -0.05) is 188 Å². The Morgan fingerprint density at radius 1 is 0.483 bits per heavy atom. The molecule has 8 rings (SSSR count). The molecule has 0 saturated carbocycles. The lowest BCUT2D eigenvalue weighted by Crippen LogP contribution is -2.27. The summed E-state index contributed by atoms with van der Waals surface area (Å²) in [6.45, 7) is 0. The second-order valence-electron chi connectivity index (χ2n) is 13.9. The quantitative estimate of drug-likeness (QED) is 0.0539. The van der Waals surface area contributed by atoms with Gasteiger partial charge in [-0.15, -0.1) is 0 Å². The standard InChI is InChI=1S/C53H43N5/c54-52(58-53(44-22-9-3-10-23-44)55-38-40-17-5-1-6-18-40)45-24-15-27-47(37-45)57-50-30-16-28-48(51(50)43-20-7-2-8-21-43)41-34-31-39(32-35-41)33-36-42-19-13-14-29-49(42)56-46-25-11-4-12-26-46/h1-38,53,56-57H,(H2,54,58)/b36-33-,55-38+. The molecule has 0 bridgehead atoms. The van der Waals surface area contributed by atoms with Gasteiger partial charge in [-0.2, -0.15) is 0 Å². The molecule has 0 saturated heterocycles. The van der Waals surface area contributed by atoms with Crippen LogP contribution in [0.25, 0.3) is 34.4 Å². The molecule has 0 aromatic heterocycles. The molecule has 1 atom stereocenters. The largest absolute Gasteiger partial charge is 0.355 e. The molecule has 0 amide bonds. The molecular formula is C53H43N5. The molecule has 1 unspecified atom stereocenters. The van der Waals surface area contributed by atoms with Crippen molar-refractivity contribution in [3.8, 4) is 22.3 Å². The fourth-order valence-corrected chi connectivity index (χ4v) is 6.88. The average Bonchev–Trinajstić information content (AvgIpc) is 3.29. The maximum absolute atomic E-state index is 9.12. The third-order valence-electron chi connectivity index (χ3n) is 9.82. The second kappa shape index (κ2) is 18.2. The van der Waals surface area contributed by atoms with Crippen LogP contribution in [0.5, 0.6) is 0 Å². The molecule has 0 spiro atoms. The zero-order chi connectivity index (χ0) is 39.4. The van der Waals surface area contributed by atoms with E-state index in [0.717, 1.165) is 72.8 Å². The Morgan fingerprint density at radius 3 is 1.84 bits per heavy atom. The van der Waals surface area contributed by atoms with Crippen LogP contribution in [0.2, 0.25) is 0 Å². The van der Waals surface area contributed by atoms with Crippen LogP contribution in [0, 0.1) is 5.41 Å². The highest BCUT2D eigenvalue weighted by atomic mass is 15.1. The van der Waals surface area contributed by atoms with Crippen LogP contribution in [-0.4, -0.2) is 12.1 Å². The summed E-state index contributed by atoms with van der Waals surface area (Å²) in [6.07, 6.45) is 5.73. The molecule has 0 aliphatic heterocycles. The lowest BCUT2D eigenvalue weighted by Gasteiger charge is -2.19. The molecule has 0 aliphatic rings. The Kier molecular flexibility index (Phi) is 11.7. The number of nitrogens with one attached hydrogen (secondary N) is 4. The van der Waals surface area contributed by atoms with Crippen LogP contribution in [0.1, 0.15) is 34.0 Å². The number of rotatable bonds is 13. The van der Waals surface area contributed by atoms with Crippen molar-refractivity contribution in [2.45, 2.75) is 6.17 Å². The van der Waals surface area contributed by atoms with Gasteiger partial charge in [0.05, 0.1) is 0 Å². The molecule has 4 N–H and O–H groups in total. The van der Waals surface area contributed by atoms with Crippen molar-refractivity contribution in [2.24, 2.45) is 4.99 Å². The summed E-state index contributed by atoms with van der Waals surface area (Å²) in [7, 11) is 0. The summed E-state index contributed by atoms with van der Waals surface area (Å²) in [5.74, 6) is 0.282. The van der Waals surface area contributed by atoms with E-state index in [0.29, 0.717) is 0 Å². The van der Waals surface area contributed by atoms with E-state index in [9.17, 15) is 0 Å². The summed E-state index contributed by atoms with van der Waals surface area (Å²) in [5.41, 5.74) is 13.4. The molecule has 0 heterocycles. The van der Waals surface area contributed by atoms with Crippen molar-refractivity contribution in [2.75, 3.05) is 10.6 Å². The van der Waals surface area contributed by atoms with Gasteiger partial charge in [0.25, 0.3) is 0 Å². The topological polar surface area (TPSA) is 72.3 Å². The summed E-state index contributed by atoms with van der Waals surface area (Å²) in [5, 5.41) is 19.7. The molecule has 0 aliphatic carbocycles. The first kappa shape index (κ1) is 37.2. The van der Waals surface area contributed by atoms with E-state index in [4.69, 9.17) is 10.4 Å². The van der Waals surface area contributed by atoms with Crippen LogP contribution in [0.4, 0.5) is 22.7 Å². The number of hydrogen-bond donors (Lipinski definition) is 4. The monoisotopic (exact) mass is 749 g/mol. The third-order valence-corrected chi connectivity index (χ3v) is 9.82.